The van der Waals surface area contributed by atoms with E-state index in [-0.39, 0.29) is 0 Å². The average molecular weight is 1340 g/mol. The van der Waals surface area contributed by atoms with E-state index < -0.39 is 0 Å². The Hall–Kier alpha value is -13.1. The van der Waals surface area contributed by atoms with Crippen molar-refractivity contribution in [2.75, 3.05) is 0 Å². The van der Waals surface area contributed by atoms with E-state index in [9.17, 15) is 0 Å². The summed E-state index contributed by atoms with van der Waals surface area (Å²) in [6.07, 6.45) is 3.60. The minimum absolute atomic E-state index is 0.650. The number of benzene rings is 14. The van der Waals surface area contributed by atoms with Crippen LogP contribution in [0, 0.1) is 0 Å². The lowest BCUT2D eigenvalue weighted by Gasteiger charge is -2.13. The lowest BCUT2D eigenvalue weighted by Crippen LogP contribution is -1.98. The summed E-state index contributed by atoms with van der Waals surface area (Å²) in [5, 5.41) is 19.7. The van der Waals surface area contributed by atoms with Gasteiger partial charge in [0, 0.05) is 140 Å². The quantitative estimate of drug-likeness (QED) is 0.158. The average Bonchev–Trinajstić information content (AvgIpc) is 1.54. The molecule has 0 atom stereocenters. The van der Waals surface area contributed by atoms with Gasteiger partial charge in [0.05, 0.1) is 33.5 Å². The van der Waals surface area contributed by atoms with Gasteiger partial charge in [-0.2, -0.15) is 0 Å². The fourth-order valence-electron chi connectivity index (χ4n) is 15.8. The summed E-state index contributed by atoms with van der Waals surface area (Å²) < 4.78 is 10.2. The molecule has 0 radical (unpaired) electrons. The van der Waals surface area contributed by atoms with Crippen LogP contribution in [0.3, 0.4) is 0 Å². The first-order valence-electron chi connectivity index (χ1n) is 34.2. The summed E-state index contributed by atoms with van der Waals surface area (Å²) in [5.41, 5.74) is 16.4. The molecular formula is C92H54N8S2. The standard InChI is InChI=1S/C47H28N4S.C45H26N4S/c1-2-12-29(13-3-1)31-14-10-15-32(28-31)43-38-20-11-27-48-47(38)50-46(49-43)30-23-25-33(26-24-30)51-39-21-8-6-18-36(39)41-42-37-19-7-9-22-40(37)52-45(42)35-17-5-4-16-34(35)44(41)51;1-2-13-30-27(11-1)12-9-18-31(30)41-36-19-10-26-46-45(36)48-44(47-41)28-22-24-29(25-23-28)49-37-20-7-5-16-34(37)39-40-35-17-6-8-21-38(35)50-43(40)33-15-4-3-14-32(33)42(39)49/h1-28H;1-26H. The SMILES string of the molecule is c1ccc(-c2cccc(-c3nc(-c4ccc(-n5c6ccccc6c6c7c8ccccc8sc7c7ccccc7c65)cc4)nc4ncccc34)c2)cc1.c1ccc2c(-c3nc(-c4ccc(-n5c6ccccc6c6c7c8ccccc8sc7c7ccccc7c65)cc4)nc4ncccc34)cccc2c1. The van der Waals surface area contributed by atoms with E-state index in [0.29, 0.717) is 22.9 Å². The molecule has 0 saturated heterocycles. The number of nitrogens with zero attached hydrogens (tertiary/aromatic N) is 8. The van der Waals surface area contributed by atoms with Gasteiger partial charge in [-0.05, 0) is 125 Å². The van der Waals surface area contributed by atoms with Crippen molar-refractivity contribution in [2.24, 2.45) is 0 Å². The Morgan fingerprint density at radius 3 is 1.23 bits per heavy atom. The van der Waals surface area contributed by atoms with Crippen molar-refractivity contribution in [2.45, 2.75) is 0 Å². The van der Waals surface area contributed by atoms with Crippen molar-refractivity contribution < 1.29 is 0 Å². The maximum absolute atomic E-state index is 5.23. The zero-order chi connectivity index (χ0) is 66.9. The Balaban J connectivity index is 0.000000133. The van der Waals surface area contributed by atoms with Crippen molar-refractivity contribution in [1.82, 2.24) is 39.0 Å². The minimum atomic E-state index is 0.650. The molecule has 0 amide bonds. The Morgan fingerprint density at radius 1 is 0.255 bits per heavy atom. The largest absolute Gasteiger partial charge is 0.309 e. The lowest BCUT2D eigenvalue weighted by molar-refractivity contribution is 1.17. The molecule has 0 unspecified atom stereocenters. The smallest absolute Gasteiger partial charge is 0.163 e. The summed E-state index contributed by atoms with van der Waals surface area (Å²) >= 11 is 3.78. The summed E-state index contributed by atoms with van der Waals surface area (Å²) in [6, 6.07) is 112. The topological polar surface area (TPSA) is 87.2 Å². The third kappa shape index (κ3) is 9.06. The van der Waals surface area contributed by atoms with Gasteiger partial charge in [0.2, 0.25) is 0 Å². The molecule has 0 bridgehead atoms. The second-order valence-electron chi connectivity index (χ2n) is 26.0. The number of thiophene rings is 2. The highest BCUT2D eigenvalue weighted by atomic mass is 32.1. The van der Waals surface area contributed by atoms with Crippen LogP contribution in [0.25, 0.3) is 206 Å². The first kappa shape index (κ1) is 57.9. The number of para-hydroxylation sites is 2. The Kier molecular flexibility index (Phi) is 13.2. The van der Waals surface area contributed by atoms with Gasteiger partial charge in [0.1, 0.15) is 0 Å². The molecule has 0 N–H and O–H groups in total. The minimum Gasteiger partial charge on any atom is -0.309 e. The zero-order valence-corrected chi connectivity index (χ0v) is 56.2. The van der Waals surface area contributed by atoms with Crippen LogP contribution in [0.5, 0.6) is 0 Å². The van der Waals surface area contributed by atoms with Gasteiger partial charge in [-0.1, -0.05) is 212 Å². The Labute approximate surface area is 591 Å². The van der Waals surface area contributed by atoms with Gasteiger partial charge >= 0.3 is 0 Å². The van der Waals surface area contributed by atoms with Gasteiger partial charge < -0.3 is 9.13 Å². The van der Waals surface area contributed by atoms with Crippen LogP contribution in [0.4, 0.5) is 0 Å². The van der Waals surface area contributed by atoms with Crippen LogP contribution in [0.1, 0.15) is 0 Å². The molecule has 10 heteroatoms. The van der Waals surface area contributed by atoms with Crippen LogP contribution in [0.15, 0.2) is 328 Å². The van der Waals surface area contributed by atoms with E-state index >= 15 is 0 Å². The molecule has 0 aliphatic carbocycles. The van der Waals surface area contributed by atoms with Crippen molar-refractivity contribution >= 4 is 161 Å². The maximum atomic E-state index is 5.23. The van der Waals surface area contributed by atoms with Gasteiger partial charge in [-0.3, -0.25) is 0 Å². The molecule has 22 rings (SSSR count). The predicted octanol–water partition coefficient (Wildman–Crippen LogP) is 24.8. The molecule has 0 saturated carbocycles. The number of fused-ring (bicyclic) bond motifs is 23. The fourth-order valence-corrected chi connectivity index (χ4v) is 18.3. The summed E-state index contributed by atoms with van der Waals surface area (Å²) in [6.45, 7) is 0. The molecular weight excluding hydrogens is 1280 g/mol. The normalized spacial score (nSPS) is 11.9. The van der Waals surface area contributed by atoms with Crippen LogP contribution in [0.2, 0.25) is 0 Å². The van der Waals surface area contributed by atoms with Crippen molar-refractivity contribution in [3.63, 3.8) is 0 Å². The third-order valence-corrected chi connectivity index (χ3v) is 22.7. The number of aromatic nitrogens is 8. The highest BCUT2D eigenvalue weighted by Gasteiger charge is 2.25. The number of hydrogen-bond acceptors (Lipinski definition) is 8. The first-order valence-corrected chi connectivity index (χ1v) is 35.9. The van der Waals surface area contributed by atoms with Crippen molar-refractivity contribution in [1.29, 1.82) is 0 Å². The molecule has 0 aliphatic rings. The van der Waals surface area contributed by atoms with Gasteiger partial charge in [0.15, 0.2) is 22.9 Å². The van der Waals surface area contributed by atoms with Crippen LogP contribution in [-0.4, -0.2) is 39.0 Å². The van der Waals surface area contributed by atoms with E-state index in [4.69, 9.17) is 19.9 Å². The van der Waals surface area contributed by atoms with E-state index in [0.717, 1.165) is 66.7 Å². The Bertz CT molecular complexity index is 7190. The molecule has 22 aromatic rings. The number of pyridine rings is 2. The van der Waals surface area contributed by atoms with Crippen molar-refractivity contribution in [3.05, 3.63) is 328 Å². The monoisotopic (exact) mass is 1330 g/mol. The number of hydrogen-bond donors (Lipinski definition) is 0. The third-order valence-electron chi connectivity index (χ3n) is 20.3. The molecule has 0 aliphatic heterocycles. The van der Waals surface area contributed by atoms with Gasteiger partial charge in [-0.15, -0.1) is 22.7 Å². The highest BCUT2D eigenvalue weighted by molar-refractivity contribution is 7.27. The molecule has 8 heterocycles. The summed E-state index contributed by atoms with van der Waals surface area (Å²) in [7, 11) is 0. The second-order valence-corrected chi connectivity index (χ2v) is 28.1. The first-order chi connectivity index (χ1) is 50.6. The van der Waals surface area contributed by atoms with E-state index in [1.54, 1.807) is 12.4 Å². The molecule has 8 nitrogen and oxygen atoms in total. The predicted molar refractivity (Wildman–Crippen MR) is 429 cm³/mol. The van der Waals surface area contributed by atoms with E-state index in [1.807, 2.05) is 40.9 Å². The number of rotatable bonds is 7. The highest BCUT2D eigenvalue weighted by Crippen LogP contribution is 2.51. The van der Waals surface area contributed by atoms with Crippen LogP contribution < -0.4 is 0 Å². The summed E-state index contributed by atoms with van der Waals surface area (Å²) in [5.74, 6) is 1.31. The molecule has 14 aromatic carbocycles. The molecule has 102 heavy (non-hydrogen) atoms. The van der Waals surface area contributed by atoms with Crippen LogP contribution >= 0.6 is 22.7 Å². The zero-order valence-electron chi connectivity index (χ0n) is 54.6. The lowest BCUT2D eigenvalue weighted by atomic mass is 9.99. The van der Waals surface area contributed by atoms with E-state index in [1.165, 1.54) is 116 Å². The van der Waals surface area contributed by atoms with Crippen LogP contribution in [-0.2, 0) is 0 Å². The van der Waals surface area contributed by atoms with Gasteiger partial charge in [-0.25, -0.2) is 29.9 Å². The molecule has 8 aromatic heterocycles. The summed E-state index contributed by atoms with van der Waals surface area (Å²) in [4.78, 5) is 29.7. The second kappa shape index (κ2) is 23.3. The maximum Gasteiger partial charge on any atom is 0.163 e. The molecule has 0 spiro atoms. The van der Waals surface area contributed by atoms with E-state index in [2.05, 4.69) is 316 Å². The molecule has 474 valence electrons. The fraction of sp³-hybridized carbons (Fsp3) is 0. The van der Waals surface area contributed by atoms with Gasteiger partial charge in [0.25, 0.3) is 0 Å². The Morgan fingerprint density at radius 2 is 0.667 bits per heavy atom. The van der Waals surface area contributed by atoms with Crippen molar-refractivity contribution in [3.8, 4) is 67.8 Å². The molecule has 0 fully saturated rings.